The highest BCUT2D eigenvalue weighted by atomic mass is 15.1. The number of hydrogen-bond donors (Lipinski definition) is 0. The lowest BCUT2D eigenvalue weighted by atomic mass is 9.89. The van der Waals surface area contributed by atoms with Crippen LogP contribution in [0.3, 0.4) is 0 Å². The van der Waals surface area contributed by atoms with E-state index in [0.717, 1.165) is 34.0 Å². The third kappa shape index (κ3) is 4.19. The molecule has 0 aliphatic rings. The Bertz CT molecular complexity index is 1030. The van der Waals surface area contributed by atoms with Gasteiger partial charge in [0.1, 0.15) is 0 Å². The van der Waals surface area contributed by atoms with Gasteiger partial charge in [-0.3, -0.25) is 0 Å². The summed E-state index contributed by atoms with van der Waals surface area (Å²) in [5.41, 5.74) is 5.47. The maximum absolute atomic E-state index is 4.63. The Morgan fingerprint density at radius 2 is 1.14 bits per heavy atom. The molecule has 0 radical (unpaired) electrons. The summed E-state index contributed by atoms with van der Waals surface area (Å²) in [4.78, 5) is 11.5. The summed E-state index contributed by atoms with van der Waals surface area (Å²) >= 11 is 0. The van der Waals surface area contributed by atoms with Gasteiger partial charge in [-0.1, -0.05) is 69.3 Å². The zero-order chi connectivity index (χ0) is 20.3. The Morgan fingerprint density at radius 3 is 1.66 bits per heavy atom. The molecule has 0 atom stereocenters. The van der Waals surface area contributed by atoms with E-state index in [9.17, 15) is 0 Å². The molecule has 0 fully saturated rings. The van der Waals surface area contributed by atoms with Crippen molar-refractivity contribution in [1.82, 2.24) is 9.97 Å². The minimum Gasteiger partial charge on any atom is -0.310 e. The maximum Gasteiger partial charge on any atom is 0.159 e. The summed E-state index contributed by atoms with van der Waals surface area (Å²) in [5, 5.41) is 0. The molecule has 0 bridgehead atoms. The van der Waals surface area contributed by atoms with Crippen LogP contribution in [0, 0.1) is 0 Å². The van der Waals surface area contributed by atoms with Crippen molar-refractivity contribution < 1.29 is 0 Å². The molecule has 0 spiro atoms. The van der Waals surface area contributed by atoms with E-state index in [-0.39, 0.29) is 5.41 Å². The number of rotatable bonds is 4. The van der Waals surface area contributed by atoms with Gasteiger partial charge in [-0.2, -0.15) is 0 Å². The van der Waals surface area contributed by atoms with Crippen LogP contribution in [-0.4, -0.2) is 9.97 Å². The lowest BCUT2D eigenvalue weighted by molar-refractivity contribution is 0.584. The monoisotopic (exact) mass is 379 g/mol. The molecule has 0 N–H and O–H groups in total. The first-order chi connectivity index (χ1) is 14.0. The van der Waals surface area contributed by atoms with Crippen LogP contribution in [0.5, 0.6) is 0 Å². The van der Waals surface area contributed by atoms with Crippen LogP contribution in [-0.2, 0) is 5.41 Å². The summed E-state index contributed by atoms with van der Waals surface area (Å²) in [6, 6.07) is 29.2. The van der Waals surface area contributed by atoms with Gasteiger partial charge in [0.05, 0.1) is 0 Å². The zero-order valence-corrected chi connectivity index (χ0v) is 17.1. The first-order valence-electron chi connectivity index (χ1n) is 9.85. The van der Waals surface area contributed by atoms with Gasteiger partial charge < -0.3 is 4.90 Å². The Morgan fingerprint density at radius 1 is 0.621 bits per heavy atom. The third-order valence-corrected chi connectivity index (χ3v) is 4.91. The fraction of sp³-hybridized carbons (Fsp3) is 0.154. The van der Waals surface area contributed by atoms with Crippen molar-refractivity contribution in [3.63, 3.8) is 0 Å². The number of nitrogens with zero attached hydrogens (tertiary/aromatic N) is 3. The van der Waals surface area contributed by atoms with Crippen LogP contribution in [0.2, 0.25) is 0 Å². The van der Waals surface area contributed by atoms with Crippen molar-refractivity contribution in [3.05, 3.63) is 103 Å². The van der Waals surface area contributed by atoms with E-state index in [1.165, 1.54) is 0 Å². The van der Waals surface area contributed by atoms with E-state index < -0.39 is 0 Å². The largest absolute Gasteiger partial charge is 0.310 e. The van der Waals surface area contributed by atoms with Gasteiger partial charge in [0, 0.05) is 35.0 Å². The predicted molar refractivity (Wildman–Crippen MR) is 121 cm³/mol. The molecule has 0 aliphatic carbocycles. The quantitative estimate of drug-likeness (QED) is 0.386. The first-order valence-corrected chi connectivity index (χ1v) is 9.85. The molecule has 0 unspecified atom stereocenters. The average Bonchev–Trinajstić information content (AvgIpc) is 2.75. The van der Waals surface area contributed by atoms with Crippen molar-refractivity contribution in [1.29, 1.82) is 0 Å². The Labute approximate surface area is 172 Å². The highest BCUT2D eigenvalue weighted by Gasteiger charge is 2.16. The van der Waals surface area contributed by atoms with Gasteiger partial charge in [-0.05, 0) is 47.4 Å². The highest BCUT2D eigenvalue weighted by molar-refractivity contribution is 5.78. The van der Waals surface area contributed by atoms with E-state index in [4.69, 9.17) is 0 Å². The van der Waals surface area contributed by atoms with Crippen LogP contribution in [0.1, 0.15) is 26.3 Å². The fourth-order valence-electron chi connectivity index (χ4n) is 3.25. The van der Waals surface area contributed by atoms with E-state index in [1.54, 1.807) is 0 Å². The highest BCUT2D eigenvalue weighted by Crippen LogP contribution is 2.35. The van der Waals surface area contributed by atoms with Gasteiger partial charge in [0.2, 0.25) is 0 Å². The van der Waals surface area contributed by atoms with Crippen LogP contribution in [0.4, 0.5) is 17.1 Å². The SMILES string of the molecule is CC(C)(C)c1cnc(-c2cccc(N(c3ccccc3)c3ccccc3)c2)nc1. The normalized spacial score (nSPS) is 11.3. The van der Waals surface area contributed by atoms with Crippen LogP contribution >= 0.6 is 0 Å². The molecule has 4 aromatic rings. The van der Waals surface area contributed by atoms with Gasteiger partial charge in [0.25, 0.3) is 0 Å². The van der Waals surface area contributed by atoms with Crippen LogP contribution in [0.15, 0.2) is 97.3 Å². The Balaban J connectivity index is 1.76. The van der Waals surface area contributed by atoms with Crippen LogP contribution in [0.25, 0.3) is 11.4 Å². The second-order valence-electron chi connectivity index (χ2n) is 8.10. The lowest BCUT2D eigenvalue weighted by Crippen LogP contribution is -2.12. The average molecular weight is 380 g/mol. The van der Waals surface area contributed by atoms with Gasteiger partial charge in [0.15, 0.2) is 5.82 Å². The summed E-state index contributed by atoms with van der Waals surface area (Å²) in [5.74, 6) is 0.737. The third-order valence-electron chi connectivity index (χ3n) is 4.91. The van der Waals surface area contributed by atoms with E-state index in [2.05, 4.69) is 108 Å². The summed E-state index contributed by atoms with van der Waals surface area (Å²) < 4.78 is 0. The standard InChI is InChI=1S/C26H25N3/c1-26(2,3)21-18-27-25(28-19-21)20-11-10-16-24(17-20)29(22-12-6-4-7-13-22)23-14-8-5-9-15-23/h4-19H,1-3H3. The topological polar surface area (TPSA) is 29.0 Å². The molecule has 29 heavy (non-hydrogen) atoms. The molecule has 0 saturated carbocycles. The van der Waals surface area contributed by atoms with E-state index in [0.29, 0.717) is 0 Å². The molecular formula is C26H25N3. The Hall–Kier alpha value is -3.46. The van der Waals surface area contributed by atoms with E-state index in [1.807, 2.05) is 24.5 Å². The molecule has 0 saturated heterocycles. The molecule has 1 aromatic heterocycles. The number of benzene rings is 3. The Kier molecular flexibility index (Phi) is 5.13. The molecule has 3 nitrogen and oxygen atoms in total. The predicted octanol–water partition coefficient (Wildman–Crippen LogP) is 6.91. The molecule has 3 aromatic carbocycles. The van der Waals surface area contributed by atoms with Gasteiger partial charge >= 0.3 is 0 Å². The molecule has 1 heterocycles. The minimum atomic E-state index is 0.0395. The molecule has 4 rings (SSSR count). The zero-order valence-electron chi connectivity index (χ0n) is 17.1. The van der Waals surface area contributed by atoms with Gasteiger partial charge in [-0.25, -0.2) is 9.97 Å². The molecule has 0 aliphatic heterocycles. The van der Waals surface area contributed by atoms with Crippen molar-refractivity contribution in [2.75, 3.05) is 4.90 Å². The fourth-order valence-corrected chi connectivity index (χ4v) is 3.25. The van der Waals surface area contributed by atoms with Crippen molar-refractivity contribution in [3.8, 4) is 11.4 Å². The van der Waals surface area contributed by atoms with Crippen molar-refractivity contribution in [2.24, 2.45) is 0 Å². The molecule has 3 heteroatoms. The van der Waals surface area contributed by atoms with Gasteiger partial charge in [-0.15, -0.1) is 0 Å². The second kappa shape index (κ2) is 7.88. The number of anilines is 3. The smallest absolute Gasteiger partial charge is 0.159 e. The van der Waals surface area contributed by atoms with Crippen LogP contribution < -0.4 is 4.90 Å². The molecular weight excluding hydrogens is 354 g/mol. The number of para-hydroxylation sites is 2. The summed E-state index contributed by atoms with van der Waals surface area (Å²) in [7, 11) is 0. The number of aromatic nitrogens is 2. The summed E-state index contributed by atoms with van der Waals surface area (Å²) in [6.07, 6.45) is 3.86. The number of hydrogen-bond acceptors (Lipinski definition) is 3. The molecule has 144 valence electrons. The molecule has 0 amide bonds. The second-order valence-corrected chi connectivity index (χ2v) is 8.10. The van der Waals surface area contributed by atoms with Crippen molar-refractivity contribution in [2.45, 2.75) is 26.2 Å². The first kappa shape index (κ1) is 18.9. The summed E-state index contributed by atoms with van der Waals surface area (Å²) in [6.45, 7) is 6.51. The minimum absolute atomic E-state index is 0.0395. The maximum atomic E-state index is 4.63. The van der Waals surface area contributed by atoms with E-state index >= 15 is 0 Å². The van der Waals surface area contributed by atoms with Crippen molar-refractivity contribution >= 4 is 17.1 Å². The lowest BCUT2D eigenvalue weighted by Gasteiger charge is -2.25.